The summed E-state index contributed by atoms with van der Waals surface area (Å²) in [5.41, 5.74) is 2.44. The van der Waals surface area contributed by atoms with E-state index in [1.807, 2.05) is 32.0 Å². The summed E-state index contributed by atoms with van der Waals surface area (Å²) >= 11 is 0. The normalized spacial score (nSPS) is 24.6. The van der Waals surface area contributed by atoms with Gasteiger partial charge in [0.05, 0.1) is 6.10 Å². The minimum Gasteiger partial charge on any atom is -0.388 e. The van der Waals surface area contributed by atoms with Gasteiger partial charge in [-0.25, -0.2) is 0 Å². The molecule has 2 atom stereocenters. The van der Waals surface area contributed by atoms with Crippen molar-refractivity contribution < 1.29 is 5.11 Å². The van der Waals surface area contributed by atoms with E-state index in [-0.39, 0.29) is 6.10 Å². The summed E-state index contributed by atoms with van der Waals surface area (Å²) in [7, 11) is 0. The van der Waals surface area contributed by atoms with Crippen molar-refractivity contribution in [3.63, 3.8) is 0 Å². The van der Waals surface area contributed by atoms with E-state index >= 15 is 0 Å². The maximum Gasteiger partial charge on any atom is 0.0821 e. The number of hydrogen-bond donors (Lipinski definition) is 1. The van der Waals surface area contributed by atoms with Crippen LogP contribution in [0, 0.1) is 5.92 Å². The van der Waals surface area contributed by atoms with Crippen LogP contribution >= 0.6 is 0 Å². The van der Waals surface area contributed by atoms with Gasteiger partial charge in [-0.2, -0.15) is 0 Å². The van der Waals surface area contributed by atoms with Crippen molar-refractivity contribution in [3.8, 4) is 0 Å². The Morgan fingerprint density at radius 1 is 1.23 bits per heavy atom. The van der Waals surface area contributed by atoms with Crippen LogP contribution in [0.2, 0.25) is 0 Å². The fourth-order valence-corrected chi connectivity index (χ4v) is 1.77. The molecule has 1 aliphatic rings. The van der Waals surface area contributed by atoms with Crippen molar-refractivity contribution in [1.82, 2.24) is 0 Å². The standard InChI is InChI=1S/C10H12O.C2H6/c1-7-6-8-4-2-3-5-9(8)10(7)11;1-2/h2-5,7,10-11H,6H2,1H3;1-2H3. The highest BCUT2D eigenvalue weighted by atomic mass is 16.3. The van der Waals surface area contributed by atoms with Gasteiger partial charge in [-0.1, -0.05) is 45.0 Å². The first-order valence-electron chi connectivity index (χ1n) is 5.05. The lowest BCUT2D eigenvalue weighted by Gasteiger charge is -2.07. The Hall–Kier alpha value is -0.820. The molecule has 1 nitrogen and oxygen atoms in total. The molecule has 0 radical (unpaired) electrons. The molecule has 2 unspecified atom stereocenters. The van der Waals surface area contributed by atoms with Crippen molar-refractivity contribution in [2.45, 2.75) is 33.3 Å². The average Bonchev–Trinajstić information content (AvgIpc) is 2.47. The van der Waals surface area contributed by atoms with Crippen LogP contribution in [0.1, 0.15) is 38.0 Å². The minimum atomic E-state index is -0.230. The van der Waals surface area contributed by atoms with Crippen LogP contribution in [0.5, 0.6) is 0 Å². The van der Waals surface area contributed by atoms with E-state index in [4.69, 9.17) is 0 Å². The lowest BCUT2D eigenvalue weighted by Crippen LogP contribution is -2.00. The smallest absolute Gasteiger partial charge is 0.0821 e. The molecule has 0 amide bonds. The summed E-state index contributed by atoms with van der Waals surface area (Å²) in [5, 5.41) is 9.65. The fourth-order valence-electron chi connectivity index (χ4n) is 1.77. The van der Waals surface area contributed by atoms with Gasteiger partial charge >= 0.3 is 0 Å². The van der Waals surface area contributed by atoms with Crippen LogP contribution in [-0.2, 0) is 6.42 Å². The monoisotopic (exact) mass is 178 g/mol. The molecule has 0 spiro atoms. The van der Waals surface area contributed by atoms with E-state index in [1.54, 1.807) is 0 Å². The van der Waals surface area contributed by atoms with Gasteiger partial charge in [-0.3, -0.25) is 0 Å². The second-order valence-corrected chi connectivity index (χ2v) is 3.33. The Bertz CT molecular complexity index is 268. The summed E-state index contributed by atoms with van der Waals surface area (Å²) in [4.78, 5) is 0. The van der Waals surface area contributed by atoms with Gasteiger partial charge in [0.15, 0.2) is 0 Å². The number of rotatable bonds is 0. The van der Waals surface area contributed by atoms with E-state index in [2.05, 4.69) is 13.0 Å². The summed E-state index contributed by atoms with van der Waals surface area (Å²) in [6.07, 6.45) is 0.795. The number of benzene rings is 1. The Morgan fingerprint density at radius 3 is 2.46 bits per heavy atom. The second kappa shape index (κ2) is 4.43. The Labute approximate surface area is 80.4 Å². The van der Waals surface area contributed by atoms with E-state index in [0.717, 1.165) is 12.0 Å². The fraction of sp³-hybridized carbons (Fsp3) is 0.500. The van der Waals surface area contributed by atoms with Crippen LogP contribution in [-0.4, -0.2) is 5.11 Å². The molecule has 1 aliphatic carbocycles. The van der Waals surface area contributed by atoms with Crippen molar-refractivity contribution in [3.05, 3.63) is 35.4 Å². The predicted molar refractivity (Wildman–Crippen MR) is 55.6 cm³/mol. The van der Waals surface area contributed by atoms with Gasteiger partial charge in [-0.05, 0) is 23.5 Å². The summed E-state index contributed by atoms with van der Waals surface area (Å²) in [6, 6.07) is 8.13. The van der Waals surface area contributed by atoms with Crippen LogP contribution in [0.25, 0.3) is 0 Å². The topological polar surface area (TPSA) is 20.2 Å². The zero-order valence-electron chi connectivity index (χ0n) is 8.62. The second-order valence-electron chi connectivity index (χ2n) is 3.33. The minimum absolute atomic E-state index is 0.230. The molecule has 2 rings (SSSR count). The lowest BCUT2D eigenvalue weighted by atomic mass is 10.1. The third-order valence-electron chi connectivity index (χ3n) is 2.45. The van der Waals surface area contributed by atoms with Gasteiger partial charge in [0.25, 0.3) is 0 Å². The third kappa shape index (κ3) is 1.92. The maximum atomic E-state index is 9.65. The van der Waals surface area contributed by atoms with Gasteiger partial charge in [0, 0.05) is 0 Å². The highest BCUT2D eigenvalue weighted by Gasteiger charge is 2.26. The molecule has 0 bridgehead atoms. The van der Waals surface area contributed by atoms with Crippen molar-refractivity contribution in [1.29, 1.82) is 0 Å². The molecule has 0 aromatic heterocycles. The Kier molecular flexibility index (Phi) is 3.49. The number of aliphatic hydroxyl groups excluding tert-OH is 1. The Balaban J connectivity index is 0.000000396. The highest BCUT2D eigenvalue weighted by Crippen LogP contribution is 2.34. The van der Waals surface area contributed by atoms with Gasteiger partial charge < -0.3 is 5.11 Å². The van der Waals surface area contributed by atoms with Gasteiger partial charge in [0.2, 0.25) is 0 Å². The molecule has 72 valence electrons. The first-order chi connectivity index (χ1) is 6.29. The first-order valence-corrected chi connectivity index (χ1v) is 5.05. The van der Waals surface area contributed by atoms with Gasteiger partial charge in [-0.15, -0.1) is 0 Å². The van der Waals surface area contributed by atoms with E-state index < -0.39 is 0 Å². The molecule has 13 heavy (non-hydrogen) atoms. The largest absolute Gasteiger partial charge is 0.388 e. The molecule has 1 heteroatoms. The molecule has 1 aromatic carbocycles. The zero-order valence-corrected chi connectivity index (χ0v) is 8.62. The summed E-state index contributed by atoms with van der Waals surface area (Å²) in [6.45, 7) is 6.09. The van der Waals surface area contributed by atoms with Crippen molar-refractivity contribution >= 4 is 0 Å². The first kappa shape index (κ1) is 10.3. The molecule has 1 aromatic rings. The predicted octanol–water partition coefficient (Wildman–Crippen LogP) is 2.94. The molecule has 0 aliphatic heterocycles. The van der Waals surface area contributed by atoms with Crippen LogP contribution in [0.3, 0.4) is 0 Å². The zero-order chi connectivity index (χ0) is 9.84. The summed E-state index contributed by atoms with van der Waals surface area (Å²) < 4.78 is 0. The number of fused-ring (bicyclic) bond motifs is 1. The van der Waals surface area contributed by atoms with Crippen molar-refractivity contribution in [2.24, 2.45) is 5.92 Å². The van der Waals surface area contributed by atoms with E-state index in [1.165, 1.54) is 5.56 Å². The third-order valence-corrected chi connectivity index (χ3v) is 2.45. The summed E-state index contributed by atoms with van der Waals surface area (Å²) in [5.74, 6) is 0.396. The van der Waals surface area contributed by atoms with E-state index in [9.17, 15) is 5.11 Å². The van der Waals surface area contributed by atoms with Gasteiger partial charge in [0.1, 0.15) is 0 Å². The quantitative estimate of drug-likeness (QED) is 0.647. The molecule has 0 fully saturated rings. The van der Waals surface area contributed by atoms with Crippen LogP contribution in [0.15, 0.2) is 24.3 Å². The Morgan fingerprint density at radius 2 is 1.85 bits per heavy atom. The van der Waals surface area contributed by atoms with Crippen LogP contribution < -0.4 is 0 Å². The molecule has 0 saturated carbocycles. The highest BCUT2D eigenvalue weighted by molar-refractivity contribution is 5.34. The average molecular weight is 178 g/mol. The maximum absolute atomic E-state index is 9.65. The molecular weight excluding hydrogens is 160 g/mol. The molecule has 1 N–H and O–H groups in total. The number of aliphatic hydroxyl groups is 1. The SMILES string of the molecule is CC.CC1Cc2ccccc2C1O. The van der Waals surface area contributed by atoms with Crippen molar-refractivity contribution in [2.75, 3.05) is 0 Å². The molecule has 0 saturated heterocycles. The molecule has 0 heterocycles. The molecular formula is C12H18O. The van der Waals surface area contributed by atoms with Crippen LogP contribution in [0.4, 0.5) is 0 Å². The lowest BCUT2D eigenvalue weighted by molar-refractivity contribution is 0.133. The number of hydrogen-bond acceptors (Lipinski definition) is 1. The van der Waals surface area contributed by atoms with E-state index in [0.29, 0.717) is 5.92 Å².